The minimum absolute atomic E-state index is 0.128. The van der Waals surface area contributed by atoms with E-state index in [2.05, 4.69) is 9.80 Å². The van der Waals surface area contributed by atoms with Crippen LogP contribution in [-0.4, -0.2) is 99.6 Å². The van der Waals surface area contributed by atoms with E-state index in [0.717, 1.165) is 65.7 Å². The molecular formula is C20H36N2O6. The smallest absolute Gasteiger partial charge is 0.306 e. The second-order valence-corrected chi connectivity index (χ2v) is 7.63. The maximum atomic E-state index is 11.9. The van der Waals surface area contributed by atoms with Crippen molar-refractivity contribution in [1.29, 1.82) is 0 Å². The van der Waals surface area contributed by atoms with Crippen LogP contribution in [0.4, 0.5) is 0 Å². The molecule has 0 radical (unpaired) electrons. The van der Waals surface area contributed by atoms with Crippen molar-refractivity contribution >= 4 is 11.9 Å². The molecule has 8 nitrogen and oxygen atoms in total. The summed E-state index contributed by atoms with van der Waals surface area (Å²) in [6.45, 7) is 11.8. The van der Waals surface area contributed by atoms with E-state index in [1.165, 1.54) is 0 Å². The van der Waals surface area contributed by atoms with Crippen LogP contribution < -0.4 is 0 Å². The molecular weight excluding hydrogens is 364 g/mol. The topological polar surface area (TPSA) is 77.5 Å². The number of esters is 2. The SMILES string of the molecule is C[C@@H](CN1CCOCC1)OC(=O)CCCCC(=O)O[C@@H](C)CN1CCOCC1. The summed E-state index contributed by atoms with van der Waals surface area (Å²) in [7, 11) is 0. The fourth-order valence-corrected chi connectivity index (χ4v) is 3.47. The first-order valence-corrected chi connectivity index (χ1v) is 10.5. The Labute approximate surface area is 168 Å². The molecule has 0 aliphatic carbocycles. The third-order valence-electron chi connectivity index (χ3n) is 4.92. The van der Waals surface area contributed by atoms with Gasteiger partial charge in [-0.2, -0.15) is 0 Å². The van der Waals surface area contributed by atoms with Crippen LogP contribution in [0.2, 0.25) is 0 Å². The number of unbranched alkanes of at least 4 members (excludes halogenated alkanes) is 1. The number of rotatable bonds is 11. The van der Waals surface area contributed by atoms with Crippen molar-refractivity contribution in [2.24, 2.45) is 0 Å². The van der Waals surface area contributed by atoms with Gasteiger partial charge in [-0.3, -0.25) is 19.4 Å². The molecule has 2 saturated heterocycles. The van der Waals surface area contributed by atoms with Gasteiger partial charge >= 0.3 is 11.9 Å². The van der Waals surface area contributed by atoms with Crippen LogP contribution in [0, 0.1) is 0 Å². The van der Waals surface area contributed by atoms with Crippen molar-refractivity contribution in [3.63, 3.8) is 0 Å². The number of hydrogen-bond donors (Lipinski definition) is 0. The molecule has 0 aromatic heterocycles. The quantitative estimate of drug-likeness (QED) is 0.377. The van der Waals surface area contributed by atoms with E-state index >= 15 is 0 Å². The fourth-order valence-electron chi connectivity index (χ4n) is 3.47. The third kappa shape index (κ3) is 9.82. The lowest BCUT2D eigenvalue weighted by molar-refractivity contribution is -0.151. The summed E-state index contributed by atoms with van der Waals surface area (Å²) in [6.07, 6.45) is 1.69. The van der Waals surface area contributed by atoms with E-state index in [1.807, 2.05) is 13.8 Å². The summed E-state index contributed by atoms with van der Waals surface area (Å²) in [5.74, 6) is -0.398. The highest BCUT2D eigenvalue weighted by Gasteiger charge is 2.18. The Morgan fingerprint density at radius 2 is 1.11 bits per heavy atom. The minimum atomic E-state index is -0.199. The molecule has 2 heterocycles. The molecule has 2 aliphatic rings. The van der Waals surface area contributed by atoms with Crippen molar-refractivity contribution < 1.29 is 28.5 Å². The van der Waals surface area contributed by atoms with E-state index in [9.17, 15) is 9.59 Å². The van der Waals surface area contributed by atoms with Crippen LogP contribution in [0.15, 0.2) is 0 Å². The lowest BCUT2D eigenvalue weighted by Gasteiger charge is -2.29. The monoisotopic (exact) mass is 400 g/mol. The van der Waals surface area contributed by atoms with Gasteiger partial charge in [0.2, 0.25) is 0 Å². The minimum Gasteiger partial charge on any atom is -0.461 e. The molecule has 162 valence electrons. The highest BCUT2D eigenvalue weighted by atomic mass is 16.5. The van der Waals surface area contributed by atoms with E-state index in [0.29, 0.717) is 25.7 Å². The van der Waals surface area contributed by atoms with Crippen LogP contribution in [-0.2, 0) is 28.5 Å². The molecule has 0 N–H and O–H groups in total. The van der Waals surface area contributed by atoms with Gasteiger partial charge in [0, 0.05) is 52.1 Å². The van der Waals surface area contributed by atoms with E-state index in [4.69, 9.17) is 18.9 Å². The van der Waals surface area contributed by atoms with Crippen LogP contribution in [0.5, 0.6) is 0 Å². The maximum Gasteiger partial charge on any atom is 0.306 e. The molecule has 0 unspecified atom stereocenters. The van der Waals surface area contributed by atoms with Crippen LogP contribution in [0.1, 0.15) is 39.5 Å². The Kier molecular flexibility index (Phi) is 10.8. The Hall–Kier alpha value is -1.22. The van der Waals surface area contributed by atoms with E-state index in [-0.39, 0.29) is 24.1 Å². The zero-order valence-corrected chi connectivity index (χ0v) is 17.4. The predicted molar refractivity (Wildman–Crippen MR) is 104 cm³/mol. The second-order valence-electron chi connectivity index (χ2n) is 7.63. The van der Waals surface area contributed by atoms with Crippen molar-refractivity contribution in [1.82, 2.24) is 9.80 Å². The lowest BCUT2D eigenvalue weighted by Crippen LogP contribution is -2.41. The molecule has 0 spiro atoms. The van der Waals surface area contributed by atoms with E-state index < -0.39 is 0 Å². The summed E-state index contributed by atoms with van der Waals surface area (Å²) in [6, 6.07) is 0. The van der Waals surface area contributed by atoms with Crippen LogP contribution in [0.25, 0.3) is 0 Å². The van der Waals surface area contributed by atoms with Crippen molar-refractivity contribution in [2.45, 2.75) is 51.7 Å². The number of nitrogens with zero attached hydrogens (tertiary/aromatic N) is 2. The number of morpholine rings is 2. The van der Waals surface area contributed by atoms with Crippen molar-refractivity contribution in [3.8, 4) is 0 Å². The average Bonchev–Trinajstić information content (AvgIpc) is 2.66. The lowest BCUT2D eigenvalue weighted by atomic mass is 10.2. The predicted octanol–water partition coefficient (Wildman–Crippen LogP) is 1.07. The molecule has 28 heavy (non-hydrogen) atoms. The normalized spacial score (nSPS) is 21.1. The third-order valence-corrected chi connectivity index (χ3v) is 4.92. The summed E-state index contributed by atoms with van der Waals surface area (Å²) in [5.41, 5.74) is 0. The summed E-state index contributed by atoms with van der Waals surface area (Å²) >= 11 is 0. The number of ether oxygens (including phenoxy) is 4. The first-order valence-electron chi connectivity index (χ1n) is 10.5. The Bertz CT molecular complexity index is 422. The first-order chi connectivity index (χ1) is 13.5. The summed E-state index contributed by atoms with van der Waals surface area (Å²) in [5, 5.41) is 0. The molecule has 0 amide bonds. The Morgan fingerprint density at radius 1 is 0.750 bits per heavy atom. The van der Waals surface area contributed by atoms with Gasteiger partial charge < -0.3 is 18.9 Å². The Balaban J connectivity index is 1.48. The molecule has 0 saturated carbocycles. The largest absolute Gasteiger partial charge is 0.461 e. The number of carbonyl (C=O) groups excluding carboxylic acids is 2. The summed E-state index contributed by atoms with van der Waals surface area (Å²) in [4.78, 5) is 28.4. The van der Waals surface area contributed by atoms with Gasteiger partial charge in [-0.1, -0.05) is 0 Å². The van der Waals surface area contributed by atoms with Crippen LogP contribution in [0.3, 0.4) is 0 Å². The number of carbonyl (C=O) groups is 2. The van der Waals surface area contributed by atoms with Crippen molar-refractivity contribution in [3.05, 3.63) is 0 Å². The van der Waals surface area contributed by atoms with Crippen LogP contribution >= 0.6 is 0 Å². The summed E-state index contributed by atoms with van der Waals surface area (Å²) < 4.78 is 21.5. The van der Waals surface area contributed by atoms with E-state index in [1.54, 1.807) is 0 Å². The van der Waals surface area contributed by atoms with Crippen molar-refractivity contribution in [2.75, 3.05) is 65.7 Å². The molecule has 8 heteroatoms. The molecule has 2 aliphatic heterocycles. The van der Waals surface area contributed by atoms with Gasteiger partial charge in [0.15, 0.2) is 0 Å². The average molecular weight is 401 g/mol. The molecule has 2 fully saturated rings. The molecule has 0 bridgehead atoms. The number of hydrogen-bond acceptors (Lipinski definition) is 8. The highest BCUT2D eigenvalue weighted by molar-refractivity contribution is 5.70. The molecule has 2 rings (SSSR count). The molecule has 0 aromatic rings. The maximum absolute atomic E-state index is 11.9. The van der Waals surface area contributed by atoms with Gasteiger partial charge in [-0.05, 0) is 26.7 Å². The van der Waals surface area contributed by atoms with Gasteiger partial charge in [-0.15, -0.1) is 0 Å². The Morgan fingerprint density at radius 3 is 1.46 bits per heavy atom. The zero-order chi connectivity index (χ0) is 20.2. The first kappa shape index (κ1) is 23.1. The standard InChI is InChI=1S/C20H36N2O6/c1-17(15-21-7-11-25-12-8-21)27-19(23)5-3-4-6-20(24)28-18(2)16-22-9-13-26-14-10-22/h17-18H,3-16H2,1-2H3/t17-,18-/m0/s1. The van der Waals surface area contributed by atoms with Gasteiger partial charge in [0.1, 0.15) is 12.2 Å². The fraction of sp³-hybridized carbons (Fsp3) is 0.900. The zero-order valence-electron chi connectivity index (χ0n) is 17.4. The molecule has 0 aromatic carbocycles. The highest BCUT2D eigenvalue weighted by Crippen LogP contribution is 2.08. The molecule has 2 atom stereocenters. The second kappa shape index (κ2) is 13.1. The van der Waals surface area contributed by atoms with Gasteiger partial charge in [0.25, 0.3) is 0 Å². The van der Waals surface area contributed by atoms with Gasteiger partial charge in [0.05, 0.1) is 26.4 Å². The van der Waals surface area contributed by atoms with Gasteiger partial charge in [-0.25, -0.2) is 0 Å².